The first kappa shape index (κ1) is 14.0. The molecule has 0 fully saturated rings. The number of rotatable bonds is 6. The molecule has 0 aliphatic heterocycles. The van der Waals surface area contributed by atoms with Gasteiger partial charge in [-0.05, 0) is 6.42 Å². The van der Waals surface area contributed by atoms with Crippen LogP contribution >= 0.6 is 20.0 Å². The Labute approximate surface area is 89.4 Å². The van der Waals surface area contributed by atoms with Crippen molar-refractivity contribution in [1.82, 2.24) is 0 Å². The molecule has 1 unspecified atom stereocenters. The Kier molecular flexibility index (Phi) is 6.53. The molecule has 0 bridgehead atoms. The van der Waals surface area contributed by atoms with Crippen LogP contribution in [-0.4, -0.2) is 22.4 Å². The number of hydrogen-bond acceptors (Lipinski definition) is 4. The summed E-state index contributed by atoms with van der Waals surface area (Å²) in [5, 5.41) is 0.0942. The van der Waals surface area contributed by atoms with E-state index in [0.717, 1.165) is 18.2 Å². The first-order chi connectivity index (χ1) is 6.40. The molecule has 0 aliphatic rings. The maximum absolute atomic E-state index is 11.5. The average molecular weight is 239 g/mol. The summed E-state index contributed by atoms with van der Waals surface area (Å²) in [6, 6.07) is 0. The maximum Gasteiger partial charge on any atom is 0.694 e. The lowest BCUT2D eigenvalue weighted by molar-refractivity contribution is -0.118. The number of thioether (sulfide) groups is 1. The van der Waals surface area contributed by atoms with E-state index in [1.165, 1.54) is 0 Å². The Hall–Kier alpha value is 0.0400. The summed E-state index contributed by atoms with van der Waals surface area (Å²) in [6.07, 6.45) is 0.786. The van der Waals surface area contributed by atoms with Crippen molar-refractivity contribution in [2.45, 2.75) is 27.2 Å². The molecule has 6 heteroatoms. The van der Waals surface area contributed by atoms with Gasteiger partial charge in [-0.2, -0.15) is 0 Å². The highest BCUT2D eigenvalue weighted by Crippen LogP contribution is 2.27. The molecule has 82 valence electrons. The summed E-state index contributed by atoms with van der Waals surface area (Å²) >= 11 is 1.15. The lowest BCUT2D eigenvalue weighted by atomic mass is 9.92. The van der Waals surface area contributed by atoms with E-state index in [9.17, 15) is 9.36 Å². The molecule has 0 rings (SSSR count). The summed E-state index contributed by atoms with van der Waals surface area (Å²) in [4.78, 5) is 19.8. The van der Waals surface area contributed by atoms with Crippen LogP contribution < -0.4 is 0 Å². The zero-order chi connectivity index (χ0) is 11.2. The first-order valence-corrected chi connectivity index (χ1v) is 6.48. The van der Waals surface area contributed by atoms with Gasteiger partial charge in [0, 0.05) is 15.7 Å². The maximum atomic E-state index is 11.5. The summed E-state index contributed by atoms with van der Waals surface area (Å²) in [5.41, 5.74) is -0.327. The second kappa shape index (κ2) is 6.51. The van der Waals surface area contributed by atoms with Gasteiger partial charge in [-0.1, -0.05) is 32.5 Å². The molecule has 0 aromatic heterocycles. The highest BCUT2D eigenvalue weighted by Gasteiger charge is 2.25. The van der Waals surface area contributed by atoms with E-state index in [2.05, 4.69) is 4.52 Å². The molecule has 14 heavy (non-hydrogen) atoms. The van der Waals surface area contributed by atoms with Crippen molar-refractivity contribution < 1.29 is 18.8 Å². The summed E-state index contributed by atoms with van der Waals surface area (Å²) in [5.74, 6) is 0.421. The molecule has 1 atom stereocenters. The van der Waals surface area contributed by atoms with Crippen molar-refractivity contribution in [3.8, 4) is 0 Å². The summed E-state index contributed by atoms with van der Waals surface area (Å²) in [7, 11) is -2.54. The third-order valence-electron chi connectivity index (χ3n) is 1.95. The standard InChI is InChI=1S/C8H15O4PS/c1-4-8(2,3)7(9)14-6-5-12-13(10)11/h4-6H2,1-3H3/p+1. The average Bonchev–Trinajstić information content (AvgIpc) is 2.11. The van der Waals surface area contributed by atoms with Gasteiger partial charge < -0.3 is 0 Å². The third kappa shape index (κ3) is 5.70. The van der Waals surface area contributed by atoms with E-state index in [-0.39, 0.29) is 17.1 Å². The van der Waals surface area contributed by atoms with Gasteiger partial charge in [0.15, 0.2) is 5.12 Å². The summed E-state index contributed by atoms with van der Waals surface area (Å²) < 4.78 is 14.6. The molecule has 0 saturated heterocycles. The monoisotopic (exact) mass is 239 g/mol. The fourth-order valence-electron chi connectivity index (χ4n) is 0.589. The Morgan fingerprint density at radius 2 is 2.14 bits per heavy atom. The van der Waals surface area contributed by atoms with Crippen molar-refractivity contribution in [3.63, 3.8) is 0 Å². The number of carbonyl (C=O) groups excluding carboxylic acids is 1. The summed E-state index contributed by atoms with van der Waals surface area (Å²) in [6.45, 7) is 5.85. The number of hydrogen-bond donors (Lipinski definition) is 1. The minimum absolute atomic E-state index is 0.0942. The lowest BCUT2D eigenvalue weighted by Crippen LogP contribution is -2.20. The molecule has 0 amide bonds. The van der Waals surface area contributed by atoms with Crippen LogP contribution in [0, 0.1) is 5.41 Å². The zero-order valence-corrected chi connectivity index (χ0v) is 10.4. The van der Waals surface area contributed by atoms with Crippen LogP contribution in [0.1, 0.15) is 27.2 Å². The molecule has 0 aromatic rings. The van der Waals surface area contributed by atoms with E-state index >= 15 is 0 Å². The molecule has 0 radical (unpaired) electrons. The molecule has 0 aromatic carbocycles. The van der Waals surface area contributed by atoms with Crippen LogP contribution in [0.25, 0.3) is 0 Å². The third-order valence-corrected chi connectivity index (χ3v) is 3.54. The SMILES string of the molecule is CCC(C)(C)C(=O)SCCO[P+](=O)O. The van der Waals surface area contributed by atoms with Gasteiger partial charge in [0.05, 0.1) is 0 Å². The van der Waals surface area contributed by atoms with Gasteiger partial charge >= 0.3 is 8.25 Å². The van der Waals surface area contributed by atoms with Gasteiger partial charge in [-0.3, -0.25) is 4.79 Å². The predicted octanol–water partition coefficient (Wildman–Crippen LogP) is 2.35. The van der Waals surface area contributed by atoms with Crippen molar-refractivity contribution in [1.29, 1.82) is 0 Å². The Bertz CT molecular complexity index is 217. The van der Waals surface area contributed by atoms with Gasteiger partial charge in [0.1, 0.15) is 6.61 Å². The topological polar surface area (TPSA) is 63.6 Å². The number of carbonyl (C=O) groups is 1. The van der Waals surface area contributed by atoms with Crippen molar-refractivity contribution in [2.24, 2.45) is 5.41 Å². The molecule has 0 heterocycles. The van der Waals surface area contributed by atoms with Gasteiger partial charge in [0.2, 0.25) is 0 Å². The highest BCUT2D eigenvalue weighted by atomic mass is 32.2. The van der Waals surface area contributed by atoms with Gasteiger partial charge in [0.25, 0.3) is 0 Å². The van der Waals surface area contributed by atoms with Crippen molar-refractivity contribution in [2.75, 3.05) is 12.4 Å². The molecule has 1 N–H and O–H groups in total. The van der Waals surface area contributed by atoms with Crippen LogP contribution in [0.4, 0.5) is 0 Å². The second-order valence-electron chi connectivity index (χ2n) is 3.44. The molecule has 4 nitrogen and oxygen atoms in total. The van der Waals surface area contributed by atoms with Crippen molar-refractivity contribution >= 4 is 25.1 Å². The molecular formula is C8H16O4PS+. The molecular weight excluding hydrogens is 223 g/mol. The van der Waals surface area contributed by atoms with Crippen molar-refractivity contribution in [3.05, 3.63) is 0 Å². The van der Waals surface area contributed by atoms with Crippen LogP contribution in [0.2, 0.25) is 0 Å². The largest absolute Gasteiger partial charge is 0.694 e. The minimum Gasteiger partial charge on any atom is -0.287 e. The minimum atomic E-state index is -2.54. The quantitative estimate of drug-likeness (QED) is 0.569. The Morgan fingerprint density at radius 1 is 1.57 bits per heavy atom. The van der Waals surface area contributed by atoms with Crippen LogP contribution in [-0.2, 0) is 13.9 Å². The second-order valence-corrected chi connectivity index (χ2v) is 5.25. The molecule has 0 saturated carbocycles. The van der Waals surface area contributed by atoms with Crippen LogP contribution in [0.5, 0.6) is 0 Å². The first-order valence-electron chi connectivity index (χ1n) is 4.36. The lowest BCUT2D eigenvalue weighted by Gasteiger charge is -2.19. The normalized spacial score (nSPS) is 12.7. The Balaban J connectivity index is 3.70. The van der Waals surface area contributed by atoms with Gasteiger partial charge in [-0.25, -0.2) is 0 Å². The van der Waals surface area contributed by atoms with E-state index in [1.54, 1.807) is 0 Å². The molecule has 0 aliphatic carbocycles. The van der Waals surface area contributed by atoms with Gasteiger partial charge in [-0.15, -0.1) is 9.42 Å². The van der Waals surface area contributed by atoms with E-state index in [0.29, 0.717) is 5.75 Å². The van der Waals surface area contributed by atoms with Crippen LogP contribution in [0.3, 0.4) is 0 Å². The Morgan fingerprint density at radius 3 is 2.57 bits per heavy atom. The smallest absolute Gasteiger partial charge is 0.287 e. The fraction of sp³-hybridized carbons (Fsp3) is 0.875. The highest BCUT2D eigenvalue weighted by molar-refractivity contribution is 8.13. The van der Waals surface area contributed by atoms with E-state index in [1.807, 2.05) is 20.8 Å². The fourth-order valence-corrected chi connectivity index (χ4v) is 1.85. The van der Waals surface area contributed by atoms with E-state index in [4.69, 9.17) is 4.89 Å². The molecule has 0 spiro atoms. The predicted molar refractivity (Wildman–Crippen MR) is 57.3 cm³/mol. The zero-order valence-electron chi connectivity index (χ0n) is 8.65. The van der Waals surface area contributed by atoms with Crippen LogP contribution in [0.15, 0.2) is 0 Å². The van der Waals surface area contributed by atoms with E-state index < -0.39 is 8.25 Å².